The second-order valence-electron chi connectivity index (χ2n) is 8.84. The van der Waals surface area contributed by atoms with Crippen LogP contribution < -0.4 is 21.7 Å². The third-order valence-electron chi connectivity index (χ3n) is 5.21. The fourth-order valence-electron chi connectivity index (χ4n) is 3.89. The molecule has 0 spiro atoms. The quantitative estimate of drug-likeness (QED) is 0.630. The van der Waals surface area contributed by atoms with E-state index in [-0.39, 0.29) is 24.7 Å². The summed E-state index contributed by atoms with van der Waals surface area (Å²) < 4.78 is 0. The van der Waals surface area contributed by atoms with Crippen LogP contribution in [0, 0.1) is 0 Å². The van der Waals surface area contributed by atoms with Crippen molar-refractivity contribution in [3.8, 4) is 0 Å². The van der Waals surface area contributed by atoms with Gasteiger partial charge >= 0.3 is 0 Å². The molecule has 7 nitrogen and oxygen atoms in total. The Bertz CT molecular complexity index is 981. The number of primary amides is 1. The molecule has 1 aliphatic rings. The molecule has 164 valence electrons. The molecule has 0 radical (unpaired) electrons. The van der Waals surface area contributed by atoms with Crippen molar-refractivity contribution in [2.45, 2.75) is 57.7 Å². The highest BCUT2D eigenvalue weighted by Gasteiger charge is 2.32. The molecule has 0 saturated heterocycles. The third kappa shape index (κ3) is 6.15. The molecule has 3 amide bonds. The summed E-state index contributed by atoms with van der Waals surface area (Å²) in [4.78, 5) is 38.9. The number of aryl methyl sites for hydroxylation is 1. The highest BCUT2D eigenvalue weighted by molar-refractivity contribution is 6.00. The molecular weight excluding hydrogens is 392 g/mol. The van der Waals surface area contributed by atoms with Gasteiger partial charge in [-0.3, -0.25) is 14.4 Å². The first-order valence-electron chi connectivity index (χ1n) is 10.5. The van der Waals surface area contributed by atoms with E-state index in [9.17, 15) is 14.4 Å². The summed E-state index contributed by atoms with van der Waals surface area (Å²) in [6.07, 6.45) is 1.48. The summed E-state index contributed by atoms with van der Waals surface area (Å²) in [6.45, 7) is 3.89. The van der Waals surface area contributed by atoms with E-state index in [1.165, 1.54) is 0 Å². The van der Waals surface area contributed by atoms with Gasteiger partial charge in [-0.25, -0.2) is 0 Å². The lowest BCUT2D eigenvalue weighted by Gasteiger charge is -2.27. The average Bonchev–Trinajstić information content (AvgIpc) is 2.79. The van der Waals surface area contributed by atoms with Gasteiger partial charge in [-0.2, -0.15) is 0 Å². The van der Waals surface area contributed by atoms with Crippen molar-refractivity contribution in [2.75, 3.05) is 4.90 Å². The molecule has 2 aromatic carbocycles. The normalized spacial score (nSPS) is 16.4. The van der Waals surface area contributed by atoms with Gasteiger partial charge in [0.15, 0.2) is 0 Å². The van der Waals surface area contributed by atoms with Crippen LogP contribution >= 0.6 is 0 Å². The molecule has 0 saturated carbocycles. The van der Waals surface area contributed by atoms with Crippen LogP contribution in [0.4, 0.5) is 5.69 Å². The first-order chi connectivity index (χ1) is 14.6. The Kier molecular flexibility index (Phi) is 6.75. The van der Waals surface area contributed by atoms with E-state index >= 15 is 0 Å². The van der Waals surface area contributed by atoms with Gasteiger partial charge < -0.3 is 21.7 Å². The van der Waals surface area contributed by atoms with Gasteiger partial charge in [0.2, 0.25) is 17.7 Å². The lowest BCUT2D eigenvalue weighted by atomic mass is 10.0. The fourth-order valence-corrected chi connectivity index (χ4v) is 3.89. The molecule has 5 N–H and O–H groups in total. The van der Waals surface area contributed by atoms with Crippen molar-refractivity contribution < 1.29 is 14.4 Å². The molecule has 7 heteroatoms. The van der Waals surface area contributed by atoms with Gasteiger partial charge in [-0.15, -0.1) is 0 Å². The Labute approximate surface area is 182 Å². The standard InChI is InChI=1S/C24H30N4O3/c1-24(2,26)14-22(30)27-19-11-10-18-8-3-4-9-20(18)28(23(19)31)15-17-7-5-6-16(12-17)13-21(25)29/h3-9,12,19H,10-11,13-15,26H2,1-2H3,(H2,25,29)(H,27,30). The van der Waals surface area contributed by atoms with E-state index in [1.54, 1.807) is 18.7 Å². The van der Waals surface area contributed by atoms with Gasteiger partial charge in [0.1, 0.15) is 6.04 Å². The van der Waals surface area contributed by atoms with Gasteiger partial charge in [0.05, 0.1) is 13.0 Å². The highest BCUT2D eigenvalue weighted by atomic mass is 16.2. The number of nitrogens with zero attached hydrogens (tertiary/aromatic N) is 1. The number of carbonyl (C=O) groups excluding carboxylic acids is 3. The van der Waals surface area contributed by atoms with Crippen LogP contribution in [-0.4, -0.2) is 29.3 Å². The minimum absolute atomic E-state index is 0.138. The Balaban J connectivity index is 1.87. The minimum atomic E-state index is -0.651. The summed E-state index contributed by atoms with van der Waals surface area (Å²) in [7, 11) is 0. The van der Waals surface area contributed by atoms with E-state index < -0.39 is 17.5 Å². The number of hydrogen-bond acceptors (Lipinski definition) is 4. The zero-order chi connectivity index (χ0) is 22.6. The summed E-state index contributed by atoms with van der Waals surface area (Å²) >= 11 is 0. The Morgan fingerprint density at radius 3 is 2.55 bits per heavy atom. The van der Waals surface area contributed by atoms with Crippen molar-refractivity contribution in [2.24, 2.45) is 11.5 Å². The van der Waals surface area contributed by atoms with E-state index in [1.807, 2.05) is 48.5 Å². The Morgan fingerprint density at radius 2 is 1.84 bits per heavy atom. The zero-order valence-corrected chi connectivity index (χ0v) is 18.1. The molecule has 0 bridgehead atoms. The van der Waals surface area contributed by atoms with Gasteiger partial charge in [-0.1, -0.05) is 42.5 Å². The molecule has 0 aliphatic carbocycles. The summed E-state index contributed by atoms with van der Waals surface area (Å²) in [5.41, 5.74) is 14.2. The number of fused-ring (bicyclic) bond motifs is 1. The maximum absolute atomic E-state index is 13.5. The molecule has 3 rings (SSSR count). The fraction of sp³-hybridized carbons (Fsp3) is 0.375. The number of anilines is 1. The van der Waals surface area contributed by atoms with Crippen LogP contribution in [0.3, 0.4) is 0 Å². The largest absolute Gasteiger partial charge is 0.369 e. The smallest absolute Gasteiger partial charge is 0.249 e. The maximum atomic E-state index is 13.5. The molecule has 1 aliphatic heterocycles. The number of carbonyl (C=O) groups is 3. The predicted molar refractivity (Wildman–Crippen MR) is 120 cm³/mol. The van der Waals surface area contributed by atoms with Gasteiger partial charge in [0, 0.05) is 17.6 Å². The van der Waals surface area contributed by atoms with Crippen LogP contribution in [0.15, 0.2) is 48.5 Å². The second-order valence-corrected chi connectivity index (χ2v) is 8.84. The maximum Gasteiger partial charge on any atom is 0.249 e. The third-order valence-corrected chi connectivity index (χ3v) is 5.21. The first kappa shape index (κ1) is 22.5. The number of hydrogen-bond donors (Lipinski definition) is 3. The molecule has 1 heterocycles. The number of para-hydroxylation sites is 1. The topological polar surface area (TPSA) is 119 Å². The first-order valence-corrected chi connectivity index (χ1v) is 10.5. The van der Waals surface area contributed by atoms with E-state index in [2.05, 4.69) is 5.32 Å². The summed E-state index contributed by atoms with van der Waals surface area (Å²) in [5, 5.41) is 2.88. The molecule has 0 fully saturated rings. The van der Waals surface area contributed by atoms with E-state index in [0.717, 1.165) is 22.4 Å². The monoisotopic (exact) mass is 422 g/mol. The highest BCUT2D eigenvalue weighted by Crippen LogP contribution is 2.29. The average molecular weight is 423 g/mol. The van der Waals surface area contributed by atoms with Crippen molar-refractivity contribution in [1.82, 2.24) is 5.32 Å². The van der Waals surface area contributed by atoms with Crippen molar-refractivity contribution in [3.63, 3.8) is 0 Å². The van der Waals surface area contributed by atoms with Crippen LogP contribution in [0.5, 0.6) is 0 Å². The van der Waals surface area contributed by atoms with Crippen LogP contribution in [0.1, 0.15) is 43.4 Å². The summed E-state index contributed by atoms with van der Waals surface area (Å²) in [5.74, 6) is -0.799. The van der Waals surface area contributed by atoms with Gasteiger partial charge in [-0.05, 0) is 49.4 Å². The van der Waals surface area contributed by atoms with Crippen molar-refractivity contribution in [3.05, 3.63) is 65.2 Å². The van der Waals surface area contributed by atoms with Crippen molar-refractivity contribution in [1.29, 1.82) is 0 Å². The number of rotatable bonds is 7. The van der Waals surface area contributed by atoms with E-state index in [0.29, 0.717) is 19.4 Å². The Morgan fingerprint density at radius 1 is 1.13 bits per heavy atom. The molecule has 1 unspecified atom stereocenters. The van der Waals surface area contributed by atoms with E-state index in [4.69, 9.17) is 11.5 Å². The second kappa shape index (κ2) is 9.31. The van der Waals surface area contributed by atoms with Crippen molar-refractivity contribution >= 4 is 23.4 Å². The molecule has 31 heavy (non-hydrogen) atoms. The minimum Gasteiger partial charge on any atom is -0.369 e. The zero-order valence-electron chi connectivity index (χ0n) is 18.1. The SMILES string of the molecule is CC(C)(N)CC(=O)NC1CCc2ccccc2N(Cc2cccc(CC(N)=O)c2)C1=O. The number of benzene rings is 2. The summed E-state index contributed by atoms with van der Waals surface area (Å²) in [6, 6.07) is 14.6. The number of amides is 3. The molecule has 0 aromatic heterocycles. The number of nitrogens with two attached hydrogens (primary N) is 2. The molecule has 2 aromatic rings. The molecular formula is C24H30N4O3. The van der Waals surface area contributed by atoms with Crippen LogP contribution in [-0.2, 0) is 33.8 Å². The Hall–Kier alpha value is -3.19. The van der Waals surface area contributed by atoms with Gasteiger partial charge in [0.25, 0.3) is 0 Å². The molecule has 1 atom stereocenters. The van der Waals surface area contributed by atoms with Crippen LogP contribution in [0.2, 0.25) is 0 Å². The lowest BCUT2D eigenvalue weighted by molar-refractivity contribution is -0.128. The van der Waals surface area contributed by atoms with Crippen LogP contribution in [0.25, 0.3) is 0 Å². The predicted octanol–water partition coefficient (Wildman–Crippen LogP) is 1.81. The number of nitrogens with one attached hydrogen (secondary N) is 1. The lowest BCUT2D eigenvalue weighted by Crippen LogP contribution is -2.49.